The molecule has 7 nitrogen and oxygen atoms in total. The van der Waals surface area contributed by atoms with Gasteiger partial charge in [0, 0.05) is 24.0 Å². The minimum Gasteiger partial charge on any atom is -0.495 e. The van der Waals surface area contributed by atoms with Gasteiger partial charge < -0.3 is 4.74 Å². The summed E-state index contributed by atoms with van der Waals surface area (Å²) in [5.74, 6) is 0.431. The highest BCUT2D eigenvalue weighted by Crippen LogP contribution is 2.30. The molecule has 0 radical (unpaired) electrons. The molecule has 0 saturated carbocycles. The van der Waals surface area contributed by atoms with E-state index in [1.54, 1.807) is 12.3 Å². The summed E-state index contributed by atoms with van der Waals surface area (Å²) in [6, 6.07) is 10.2. The lowest BCUT2D eigenvalue weighted by Crippen LogP contribution is -2.28. The van der Waals surface area contributed by atoms with Gasteiger partial charge >= 0.3 is 0 Å². The summed E-state index contributed by atoms with van der Waals surface area (Å²) in [4.78, 5) is 4.54. The van der Waals surface area contributed by atoms with Crippen molar-refractivity contribution in [3.8, 4) is 17.1 Å². The van der Waals surface area contributed by atoms with Gasteiger partial charge in [0.1, 0.15) is 11.4 Å². The van der Waals surface area contributed by atoms with Crippen LogP contribution < -0.4 is 9.46 Å². The Morgan fingerprint density at radius 3 is 2.77 bits per heavy atom. The number of methoxy groups -OCH3 is 1. The summed E-state index contributed by atoms with van der Waals surface area (Å²) in [5.41, 5.74) is 4.15. The number of nitrogens with zero attached hydrogens (tertiary/aromatic N) is 3. The number of nitrogens with one attached hydrogen (secondary N) is 1. The normalized spacial score (nSPS) is 13.8. The Bertz CT molecular complexity index is 1150. The molecule has 0 bridgehead atoms. The summed E-state index contributed by atoms with van der Waals surface area (Å²) >= 11 is 6.07. The van der Waals surface area contributed by atoms with E-state index in [-0.39, 0.29) is 16.5 Å². The number of halogens is 1. The van der Waals surface area contributed by atoms with Crippen LogP contribution in [0.15, 0.2) is 47.5 Å². The van der Waals surface area contributed by atoms with Crippen LogP contribution in [0.4, 0.5) is 0 Å². The highest BCUT2D eigenvalue weighted by molar-refractivity contribution is 7.89. The first-order valence-corrected chi connectivity index (χ1v) is 11.7. The van der Waals surface area contributed by atoms with Crippen LogP contribution in [-0.2, 0) is 29.4 Å². The van der Waals surface area contributed by atoms with Gasteiger partial charge in [-0.05, 0) is 56.0 Å². The third-order valence-corrected chi connectivity index (χ3v) is 6.97. The number of rotatable bonds is 7. The molecule has 1 aliphatic carbocycles. The van der Waals surface area contributed by atoms with Crippen LogP contribution in [0.2, 0.25) is 5.02 Å². The maximum Gasteiger partial charge on any atom is 0.240 e. The third kappa shape index (κ3) is 4.21. The van der Waals surface area contributed by atoms with Crippen molar-refractivity contribution in [2.45, 2.75) is 37.1 Å². The van der Waals surface area contributed by atoms with Crippen molar-refractivity contribution in [2.24, 2.45) is 0 Å². The monoisotopic (exact) mass is 446 g/mol. The minimum atomic E-state index is -3.69. The molecule has 9 heteroatoms. The van der Waals surface area contributed by atoms with E-state index >= 15 is 0 Å². The predicted octanol–water partition coefficient (Wildman–Crippen LogP) is 3.46. The van der Waals surface area contributed by atoms with Gasteiger partial charge in [0.15, 0.2) is 0 Å². The van der Waals surface area contributed by atoms with Crippen LogP contribution in [0.25, 0.3) is 11.4 Å². The second kappa shape index (κ2) is 8.75. The fourth-order valence-corrected chi connectivity index (χ4v) is 5.12. The van der Waals surface area contributed by atoms with Crippen LogP contribution in [0.3, 0.4) is 0 Å². The molecule has 1 aromatic carbocycles. The van der Waals surface area contributed by atoms with Gasteiger partial charge in [-0.2, -0.15) is 5.10 Å². The smallest absolute Gasteiger partial charge is 0.240 e. The second-order valence-electron chi connectivity index (χ2n) is 7.11. The highest BCUT2D eigenvalue weighted by Gasteiger charge is 2.23. The van der Waals surface area contributed by atoms with E-state index in [1.165, 1.54) is 30.5 Å². The molecule has 1 aliphatic rings. The van der Waals surface area contributed by atoms with E-state index in [1.807, 2.05) is 22.9 Å². The lowest BCUT2D eigenvalue weighted by atomic mass is 9.95. The quantitative estimate of drug-likeness (QED) is 0.600. The Labute approximate surface area is 181 Å². The van der Waals surface area contributed by atoms with Gasteiger partial charge in [0.25, 0.3) is 0 Å². The zero-order valence-corrected chi connectivity index (χ0v) is 18.2. The van der Waals surface area contributed by atoms with E-state index in [4.69, 9.17) is 21.4 Å². The molecular formula is C21H23ClN4O3S. The number of pyridine rings is 1. The first-order valence-electron chi connectivity index (χ1n) is 9.83. The van der Waals surface area contributed by atoms with Crippen molar-refractivity contribution in [1.82, 2.24) is 19.5 Å². The zero-order chi connectivity index (χ0) is 21.1. The van der Waals surface area contributed by atoms with Gasteiger partial charge in [-0.3, -0.25) is 9.67 Å². The van der Waals surface area contributed by atoms with Gasteiger partial charge in [-0.15, -0.1) is 0 Å². The Morgan fingerprint density at radius 2 is 2.03 bits per heavy atom. The van der Waals surface area contributed by atoms with E-state index < -0.39 is 10.0 Å². The van der Waals surface area contributed by atoms with Crippen LogP contribution in [0.5, 0.6) is 5.75 Å². The number of fused-ring (bicyclic) bond motifs is 1. The largest absolute Gasteiger partial charge is 0.495 e. The topological polar surface area (TPSA) is 86.1 Å². The lowest BCUT2D eigenvalue weighted by molar-refractivity contribution is 0.414. The summed E-state index contributed by atoms with van der Waals surface area (Å²) in [7, 11) is -2.20. The van der Waals surface area contributed by atoms with E-state index in [2.05, 4.69) is 9.71 Å². The van der Waals surface area contributed by atoms with Crippen molar-refractivity contribution < 1.29 is 13.2 Å². The molecule has 0 aliphatic heterocycles. The number of benzene rings is 1. The summed E-state index contributed by atoms with van der Waals surface area (Å²) in [6.45, 7) is 0.667. The van der Waals surface area contributed by atoms with Crippen LogP contribution in [0.1, 0.15) is 24.1 Å². The fraction of sp³-hybridized carbons (Fsp3) is 0.333. The molecule has 2 aromatic heterocycles. The molecule has 0 spiro atoms. The molecule has 2 heterocycles. The molecule has 0 saturated heterocycles. The number of ether oxygens (including phenoxy) is 1. The average Bonchev–Trinajstić information content (AvgIpc) is 3.13. The average molecular weight is 447 g/mol. The minimum absolute atomic E-state index is 0.102. The maximum atomic E-state index is 12.6. The Kier molecular flexibility index (Phi) is 6.08. The first-order chi connectivity index (χ1) is 14.5. The van der Waals surface area contributed by atoms with E-state index in [0.29, 0.717) is 12.3 Å². The Morgan fingerprint density at radius 1 is 1.20 bits per heavy atom. The summed E-state index contributed by atoms with van der Waals surface area (Å²) in [6.07, 6.45) is 5.91. The maximum absolute atomic E-state index is 12.6. The third-order valence-electron chi connectivity index (χ3n) is 5.21. The van der Waals surface area contributed by atoms with Crippen molar-refractivity contribution in [1.29, 1.82) is 0 Å². The molecule has 30 heavy (non-hydrogen) atoms. The summed E-state index contributed by atoms with van der Waals surface area (Å²) in [5, 5.41) is 5.02. The molecule has 158 valence electrons. The first kappa shape index (κ1) is 20.8. The van der Waals surface area contributed by atoms with E-state index in [9.17, 15) is 8.42 Å². The van der Waals surface area contributed by atoms with Gasteiger partial charge in [-0.25, -0.2) is 13.1 Å². The van der Waals surface area contributed by atoms with Crippen LogP contribution in [-0.4, -0.2) is 36.8 Å². The van der Waals surface area contributed by atoms with Gasteiger partial charge in [0.2, 0.25) is 10.0 Å². The molecule has 0 fully saturated rings. The standard InChI is InChI=1S/C21H23ClN4O3S/c1-29-20-10-9-15(14-17(20)22)30(27,28)24-12-13-26-19-8-3-2-6-16(19)21(25-26)18-7-4-5-11-23-18/h4-5,7,9-11,14,24H,2-3,6,8,12-13H2,1H3. The van der Waals surface area contributed by atoms with Crippen molar-refractivity contribution in [2.75, 3.05) is 13.7 Å². The number of hydrogen-bond acceptors (Lipinski definition) is 5. The van der Waals surface area contributed by atoms with Crippen molar-refractivity contribution in [3.05, 3.63) is 58.9 Å². The molecule has 0 unspecified atom stereocenters. The molecule has 1 N–H and O–H groups in total. The predicted molar refractivity (Wildman–Crippen MR) is 115 cm³/mol. The SMILES string of the molecule is COc1ccc(S(=O)(=O)NCCn2nc(-c3ccccn3)c3c2CCCC3)cc1Cl. The molecule has 3 aromatic rings. The fourth-order valence-electron chi connectivity index (χ4n) is 3.75. The number of sulfonamides is 1. The molecule has 4 rings (SSSR count). The van der Waals surface area contributed by atoms with E-state index in [0.717, 1.165) is 37.1 Å². The van der Waals surface area contributed by atoms with Crippen molar-refractivity contribution >= 4 is 21.6 Å². The lowest BCUT2D eigenvalue weighted by Gasteiger charge is -2.14. The Balaban J connectivity index is 1.51. The number of hydrogen-bond donors (Lipinski definition) is 1. The van der Waals surface area contributed by atoms with Gasteiger partial charge in [0.05, 0.1) is 29.3 Å². The zero-order valence-electron chi connectivity index (χ0n) is 16.6. The summed E-state index contributed by atoms with van der Waals surface area (Å²) < 4.78 is 34.9. The highest BCUT2D eigenvalue weighted by atomic mass is 35.5. The molecule has 0 atom stereocenters. The second-order valence-corrected chi connectivity index (χ2v) is 9.29. The van der Waals surface area contributed by atoms with Crippen LogP contribution >= 0.6 is 11.6 Å². The Hall–Kier alpha value is -2.42. The van der Waals surface area contributed by atoms with Crippen molar-refractivity contribution in [3.63, 3.8) is 0 Å². The van der Waals surface area contributed by atoms with Crippen LogP contribution in [0, 0.1) is 0 Å². The molecule has 0 amide bonds. The number of aromatic nitrogens is 3. The van der Waals surface area contributed by atoms with Gasteiger partial charge in [-0.1, -0.05) is 17.7 Å². The molecular weight excluding hydrogens is 424 g/mol.